The third-order valence-corrected chi connectivity index (χ3v) is 6.02. The Morgan fingerprint density at radius 2 is 1.93 bits per heavy atom. The highest BCUT2D eigenvalue weighted by Crippen LogP contribution is 2.50. The van der Waals surface area contributed by atoms with Gasteiger partial charge in [0.1, 0.15) is 24.7 Å². The Kier molecular flexibility index (Phi) is 4.27. The largest absolute Gasteiger partial charge is 0.494 e. The van der Waals surface area contributed by atoms with Gasteiger partial charge < -0.3 is 19.1 Å². The van der Waals surface area contributed by atoms with Gasteiger partial charge in [-0.25, -0.2) is 4.99 Å². The second-order valence-electron chi connectivity index (χ2n) is 8.69. The summed E-state index contributed by atoms with van der Waals surface area (Å²) in [6.07, 6.45) is 0.887. The van der Waals surface area contributed by atoms with E-state index < -0.39 is 0 Å². The zero-order valence-corrected chi connectivity index (χ0v) is 17.8. The number of rotatable bonds is 3. The molecule has 2 aromatic carbocycles. The first-order chi connectivity index (χ1) is 14.4. The van der Waals surface area contributed by atoms with Crippen LogP contribution in [-0.2, 0) is 4.79 Å². The van der Waals surface area contributed by atoms with Crippen molar-refractivity contribution < 1.29 is 19.0 Å². The first kappa shape index (κ1) is 19.0. The second-order valence-corrected chi connectivity index (χ2v) is 8.69. The Labute approximate surface area is 176 Å². The molecule has 0 spiro atoms. The molecule has 3 aliphatic heterocycles. The zero-order valence-electron chi connectivity index (χ0n) is 17.8. The molecule has 5 rings (SSSR count). The maximum absolute atomic E-state index is 13.6. The van der Waals surface area contributed by atoms with Crippen molar-refractivity contribution >= 4 is 23.0 Å². The van der Waals surface area contributed by atoms with E-state index in [1.807, 2.05) is 36.1 Å². The molecule has 0 N–H and O–H groups in total. The standard InChI is InChI=1S/C24H26N2O4/c1-5-28-16-11-17-14(2)13-24(3,4)26-22(17)18(12-16)21(23(26)27)25-15-6-7-19-20(10-15)30-9-8-29-19/h6-7,10-12,14H,5,8-9,13H2,1-4H3/t14-/m1/s1. The molecule has 0 fully saturated rings. The summed E-state index contributed by atoms with van der Waals surface area (Å²) in [4.78, 5) is 20.3. The number of ether oxygens (including phenoxy) is 3. The van der Waals surface area contributed by atoms with E-state index in [1.54, 1.807) is 0 Å². The first-order valence-corrected chi connectivity index (χ1v) is 10.5. The zero-order chi connectivity index (χ0) is 21.0. The lowest BCUT2D eigenvalue weighted by molar-refractivity contribution is -0.113. The van der Waals surface area contributed by atoms with E-state index in [-0.39, 0.29) is 11.4 Å². The van der Waals surface area contributed by atoms with Gasteiger partial charge in [0.25, 0.3) is 5.91 Å². The quantitative estimate of drug-likeness (QED) is 0.747. The number of amides is 1. The fourth-order valence-electron chi connectivity index (χ4n) is 4.87. The van der Waals surface area contributed by atoms with Crippen LogP contribution in [0.3, 0.4) is 0 Å². The SMILES string of the molecule is CCOc1cc2c3c(c1)[C@H](C)CC(C)(C)N3C(=O)C2=Nc1ccc2c(c1)OCCO2. The van der Waals surface area contributed by atoms with Crippen molar-refractivity contribution in [3.8, 4) is 17.2 Å². The van der Waals surface area contributed by atoms with Crippen LogP contribution in [0.5, 0.6) is 17.2 Å². The smallest absolute Gasteiger partial charge is 0.278 e. The van der Waals surface area contributed by atoms with Gasteiger partial charge in [-0.05, 0) is 62.9 Å². The van der Waals surface area contributed by atoms with Gasteiger partial charge in [0.2, 0.25) is 0 Å². The molecule has 2 aromatic rings. The Morgan fingerprint density at radius 3 is 2.70 bits per heavy atom. The van der Waals surface area contributed by atoms with Crippen LogP contribution in [0.4, 0.5) is 11.4 Å². The Morgan fingerprint density at radius 1 is 1.17 bits per heavy atom. The van der Waals surface area contributed by atoms with Gasteiger partial charge in [0.15, 0.2) is 11.5 Å². The highest BCUT2D eigenvalue weighted by molar-refractivity contribution is 6.55. The van der Waals surface area contributed by atoms with Gasteiger partial charge in [-0.1, -0.05) is 6.92 Å². The summed E-state index contributed by atoms with van der Waals surface area (Å²) < 4.78 is 17.1. The van der Waals surface area contributed by atoms with E-state index in [2.05, 4.69) is 26.8 Å². The molecule has 0 aliphatic carbocycles. The van der Waals surface area contributed by atoms with Gasteiger partial charge in [0.05, 0.1) is 18.0 Å². The van der Waals surface area contributed by atoms with E-state index in [9.17, 15) is 4.79 Å². The monoisotopic (exact) mass is 406 g/mol. The number of carbonyl (C=O) groups excluding carboxylic acids is 1. The van der Waals surface area contributed by atoms with E-state index in [0.29, 0.717) is 48.6 Å². The van der Waals surface area contributed by atoms with Crippen LogP contribution in [0.15, 0.2) is 35.3 Å². The van der Waals surface area contributed by atoms with Crippen LogP contribution in [-0.4, -0.2) is 37.0 Å². The maximum Gasteiger partial charge on any atom is 0.278 e. The number of carbonyl (C=O) groups is 1. The number of anilines is 1. The van der Waals surface area contributed by atoms with Crippen molar-refractivity contribution in [3.63, 3.8) is 0 Å². The molecule has 6 heteroatoms. The molecule has 0 saturated heterocycles. The minimum atomic E-state index is -0.282. The summed E-state index contributed by atoms with van der Waals surface area (Å²) in [5.41, 5.74) is 3.81. The molecule has 6 nitrogen and oxygen atoms in total. The van der Waals surface area contributed by atoms with Crippen LogP contribution in [0.1, 0.15) is 51.2 Å². The summed E-state index contributed by atoms with van der Waals surface area (Å²) in [6, 6.07) is 9.56. The van der Waals surface area contributed by atoms with Gasteiger partial charge in [-0.15, -0.1) is 0 Å². The second kappa shape index (κ2) is 6.76. The fourth-order valence-corrected chi connectivity index (χ4v) is 4.87. The molecule has 0 bridgehead atoms. The topological polar surface area (TPSA) is 60.4 Å². The predicted molar refractivity (Wildman–Crippen MR) is 116 cm³/mol. The molecule has 156 valence electrons. The van der Waals surface area contributed by atoms with Gasteiger partial charge in [0, 0.05) is 17.2 Å². The molecule has 0 saturated carbocycles. The van der Waals surface area contributed by atoms with Crippen LogP contribution in [0, 0.1) is 0 Å². The lowest BCUT2D eigenvalue weighted by Gasteiger charge is -2.43. The van der Waals surface area contributed by atoms with Gasteiger partial charge >= 0.3 is 0 Å². The molecule has 30 heavy (non-hydrogen) atoms. The van der Waals surface area contributed by atoms with E-state index >= 15 is 0 Å². The van der Waals surface area contributed by atoms with Crippen LogP contribution in [0.25, 0.3) is 0 Å². The van der Waals surface area contributed by atoms with Crippen LogP contribution >= 0.6 is 0 Å². The van der Waals surface area contributed by atoms with Crippen LogP contribution < -0.4 is 19.1 Å². The van der Waals surface area contributed by atoms with Crippen molar-refractivity contribution in [3.05, 3.63) is 41.5 Å². The summed E-state index contributed by atoms with van der Waals surface area (Å²) in [6.45, 7) is 10.0. The Hall–Kier alpha value is -3.02. The average Bonchev–Trinajstić information content (AvgIpc) is 2.99. The summed E-state index contributed by atoms with van der Waals surface area (Å²) in [5.74, 6) is 2.41. The number of nitrogens with zero attached hydrogens (tertiary/aromatic N) is 2. The van der Waals surface area contributed by atoms with Gasteiger partial charge in [-0.3, -0.25) is 4.79 Å². The number of fused-ring (bicyclic) bond motifs is 1. The Balaban J connectivity index is 1.68. The summed E-state index contributed by atoms with van der Waals surface area (Å²) >= 11 is 0. The van der Waals surface area contributed by atoms with Crippen molar-refractivity contribution in [1.82, 2.24) is 0 Å². The normalized spacial score (nSPS) is 22.3. The van der Waals surface area contributed by atoms with Crippen molar-refractivity contribution in [2.75, 3.05) is 24.7 Å². The number of hydrogen-bond acceptors (Lipinski definition) is 5. The van der Waals surface area contributed by atoms with E-state index in [1.165, 1.54) is 0 Å². The summed E-state index contributed by atoms with van der Waals surface area (Å²) in [5, 5.41) is 0. The van der Waals surface area contributed by atoms with Crippen molar-refractivity contribution in [1.29, 1.82) is 0 Å². The lowest BCUT2D eigenvalue weighted by Crippen LogP contribution is -2.50. The molecule has 0 unspecified atom stereocenters. The van der Waals surface area contributed by atoms with Crippen LogP contribution in [0.2, 0.25) is 0 Å². The average molecular weight is 406 g/mol. The third kappa shape index (κ3) is 2.85. The molecule has 3 heterocycles. The maximum atomic E-state index is 13.6. The van der Waals surface area contributed by atoms with Gasteiger partial charge in [-0.2, -0.15) is 0 Å². The number of hydrogen-bond donors (Lipinski definition) is 0. The predicted octanol–water partition coefficient (Wildman–Crippen LogP) is 4.61. The fraction of sp³-hybridized carbons (Fsp3) is 0.417. The van der Waals surface area contributed by atoms with Crippen molar-refractivity contribution in [2.24, 2.45) is 4.99 Å². The van der Waals surface area contributed by atoms with E-state index in [4.69, 9.17) is 19.2 Å². The number of benzene rings is 2. The minimum absolute atomic E-state index is 0.0633. The molecule has 3 aliphatic rings. The first-order valence-electron chi connectivity index (χ1n) is 10.5. The molecular weight excluding hydrogens is 380 g/mol. The van der Waals surface area contributed by atoms with E-state index in [0.717, 1.165) is 29.0 Å². The Bertz CT molecular complexity index is 1070. The highest BCUT2D eigenvalue weighted by atomic mass is 16.6. The third-order valence-electron chi connectivity index (χ3n) is 6.02. The minimum Gasteiger partial charge on any atom is -0.494 e. The summed E-state index contributed by atoms with van der Waals surface area (Å²) in [7, 11) is 0. The number of aliphatic imine (C=N–C) groups is 1. The lowest BCUT2D eigenvalue weighted by atomic mass is 9.80. The highest BCUT2D eigenvalue weighted by Gasteiger charge is 2.48. The molecule has 0 radical (unpaired) electrons. The van der Waals surface area contributed by atoms with Crippen molar-refractivity contribution in [2.45, 2.75) is 45.6 Å². The molecule has 0 aromatic heterocycles. The molecule has 1 amide bonds. The molecular formula is C24H26N2O4. The molecule has 1 atom stereocenters.